The molecule has 1 aliphatic heterocycles. The maximum Gasteiger partial charge on any atom is 0.257 e. The van der Waals surface area contributed by atoms with Gasteiger partial charge in [0, 0.05) is 24.7 Å². The number of benzene rings is 2. The molecule has 1 aliphatic carbocycles. The zero-order valence-corrected chi connectivity index (χ0v) is 23.9. The third kappa shape index (κ3) is 6.97. The molecule has 2 amide bonds. The van der Waals surface area contributed by atoms with Crippen molar-refractivity contribution in [2.45, 2.75) is 78.7 Å². The minimum Gasteiger partial charge on any atom is -0.496 e. The quantitative estimate of drug-likeness (QED) is 0.454. The van der Waals surface area contributed by atoms with E-state index >= 15 is 0 Å². The smallest absolute Gasteiger partial charge is 0.257 e. The Labute approximate surface area is 228 Å². The molecule has 38 heavy (non-hydrogen) atoms. The topological polar surface area (TPSA) is 70.7 Å². The number of amides is 2. The van der Waals surface area contributed by atoms with Gasteiger partial charge in [-0.3, -0.25) is 9.59 Å². The van der Waals surface area contributed by atoms with E-state index in [9.17, 15) is 9.59 Å². The first-order valence-electron chi connectivity index (χ1n) is 14.1. The van der Waals surface area contributed by atoms with E-state index < -0.39 is 5.41 Å². The monoisotopic (exact) mass is 519 g/mol. The number of aryl methyl sites for hydroxylation is 2. The number of rotatable bonds is 8. The van der Waals surface area contributed by atoms with Crippen molar-refractivity contribution in [2.75, 3.05) is 20.2 Å². The fraction of sp³-hybridized carbons (Fsp3) is 0.500. The van der Waals surface area contributed by atoms with Crippen molar-refractivity contribution in [1.29, 1.82) is 0 Å². The van der Waals surface area contributed by atoms with Crippen molar-refractivity contribution in [3.05, 3.63) is 77.1 Å². The molecule has 0 spiro atoms. The van der Waals surface area contributed by atoms with Gasteiger partial charge in [0.15, 0.2) is 0 Å². The number of likely N-dealkylation sites (tertiary alicyclic amines) is 1. The summed E-state index contributed by atoms with van der Waals surface area (Å²) in [6.45, 7) is 13.4. The maximum absolute atomic E-state index is 13.6. The molecule has 2 N–H and O–H groups in total. The van der Waals surface area contributed by atoms with Crippen LogP contribution in [0.1, 0.15) is 79.4 Å². The van der Waals surface area contributed by atoms with E-state index in [-0.39, 0.29) is 11.8 Å². The Morgan fingerprint density at radius 2 is 1.66 bits per heavy atom. The molecule has 2 aromatic rings. The lowest BCUT2D eigenvalue weighted by atomic mass is 9.72. The van der Waals surface area contributed by atoms with Gasteiger partial charge in [0.05, 0.1) is 12.5 Å². The molecule has 2 aromatic carbocycles. The molecular weight excluding hydrogens is 474 g/mol. The minimum absolute atomic E-state index is 0.176. The molecule has 2 fully saturated rings. The summed E-state index contributed by atoms with van der Waals surface area (Å²) in [5, 5.41) is 6.35. The standard InChI is InChI=1S/C30H39N3O3.C2H6/c1-21-18-22(2)27(36-4)19-26(21)28(34)31-23(3)33-16-14-30(15-17-33,20-24-10-6-5-7-11-24)29(35)32-25-12-8-9-13-25;1-2/h5-7,10-11,18-19,25H,3,8-9,12-17,20H2,1-2,4H3,(H,31,34)(H,32,35);1-2H3. The first-order chi connectivity index (χ1) is 18.3. The van der Waals surface area contributed by atoms with E-state index in [2.05, 4.69) is 34.2 Å². The number of carbonyl (C=O) groups excluding carboxylic acids is 2. The average molecular weight is 520 g/mol. The van der Waals surface area contributed by atoms with Crippen LogP contribution in [0.3, 0.4) is 0 Å². The second-order valence-corrected chi connectivity index (χ2v) is 10.4. The van der Waals surface area contributed by atoms with Crippen molar-refractivity contribution in [1.82, 2.24) is 15.5 Å². The van der Waals surface area contributed by atoms with Crippen LogP contribution in [0, 0.1) is 19.3 Å². The van der Waals surface area contributed by atoms with E-state index in [1.807, 2.05) is 52.0 Å². The van der Waals surface area contributed by atoms with E-state index in [0.717, 1.165) is 30.4 Å². The Balaban J connectivity index is 0.00000195. The maximum atomic E-state index is 13.6. The van der Waals surface area contributed by atoms with Crippen LogP contribution in [0.5, 0.6) is 5.75 Å². The van der Waals surface area contributed by atoms with Gasteiger partial charge in [-0.1, -0.05) is 69.7 Å². The van der Waals surface area contributed by atoms with E-state index in [4.69, 9.17) is 4.74 Å². The van der Waals surface area contributed by atoms with Crippen LogP contribution in [-0.2, 0) is 11.2 Å². The number of hydrogen-bond donors (Lipinski definition) is 2. The molecule has 0 atom stereocenters. The number of ether oxygens (including phenoxy) is 1. The first kappa shape index (κ1) is 29.3. The van der Waals surface area contributed by atoms with Crippen molar-refractivity contribution >= 4 is 11.8 Å². The molecule has 1 saturated heterocycles. The van der Waals surface area contributed by atoms with Crippen molar-refractivity contribution in [3.8, 4) is 5.75 Å². The van der Waals surface area contributed by atoms with Crippen LogP contribution in [-0.4, -0.2) is 43.0 Å². The molecule has 0 radical (unpaired) electrons. The number of nitrogens with zero attached hydrogens (tertiary/aromatic N) is 1. The third-order valence-corrected chi connectivity index (χ3v) is 7.90. The summed E-state index contributed by atoms with van der Waals surface area (Å²) in [7, 11) is 1.61. The number of methoxy groups -OCH3 is 1. The van der Waals surface area contributed by atoms with Crippen LogP contribution in [0.2, 0.25) is 0 Å². The van der Waals surface area contributed by atoms with Crippen molar-refractivity contribution < 1.29 is 14.3 Å². The van der Waals surface area contributed by atoms with Gasteiger partial charge in [0.1, 0.15) is 11.6 Å². The summed E-state index contributed by atoms with van der Waals surface area (Å²) in [4.78, 5) is 28.7. The molecule has 206 valence electrons. The van der Waals surface area contributed by atoms with Gasteiger partial charge in [-0.2, -0.15) is 0 Å². The zero-order chi connectivity index (χ0) is 27.7. The second-order valence-electron chi connectivity index (χ2n) is 10.4. The number of piperidine rings is 1. The van der Waals surface area contributed by atoms with Crippen molar-refractivity contribution in [2.24, 2.45) is 5.41 Å². The summed E-state index contributed by atoms with van der Waals surface area (Å²) in [5.74, 6) is 1.24. The van der Waals surface area contributed by atoms with Gasteiger partial charge in [0.2, 0.25) is 5.91 Å². The van der Waals surface area contributed by atoms with E-state index in [1.54, 1.807) is 13.2 Å². The lowest BCUT2D eigenvalue weighted by molar-refractivity contribution is -0.134. The third-order valence-electron chi connectivity index (χ3n) is 7.90. The lowest BCUT2D eigenvalue weighted by Gasteiger charge is -2.42. The molecule has 0 unspecified atom stereocenters. The van der Waals surface area contributed by atoms with Gasteiger partial charge < -0.3 is 20.3 Å². The highest BCUT2D eigenvalue weighted by molar-refractivity contribution is 5.97. The molecule has 4 rings (SSSR count). The van der Waals surface area contributed by atoms with E-state index in [1.165, 1.54) is 18.4 Å². The SMILES string of the molecule is C=C(NC(=O)c1cc(OC)c(C)cc1C)N1CCC(Cc2ccccc2)(C(=O)NC2CCCC2)CC1.CC. The van der Waals surface area contributed by atoms with Crippen LogP contribution in [0.4, 0.5) is 0 Å². The summed E-state index contributed by atoms with van der Waals surface area (Å²) in [6.07, 6.45) is 6.68. The first-order valence-corrected chi connectivity index (χ1v) is 14.1. The van der Waals surface area contributed by atoms with Gasteiger partial charge in [0.25, 0.3) is 5.91 Å². The van der Waals surface area contributed by atoms with Crippen LogP contribution < -0.4 is 15.4 Å². The predicted octanol–water partition coefficient (Wildman–Crippen LogP) is 5.92. The highest BCUT2D eigenvalue weighted by Gasteiger charge is 2.42. The Morgan fingerprint density at radius 1 is 1.03 bits per heavy atom. The number of nitrogens with one attached hydrogen (secondary N) is 2. The minimum atomic E-state index is -0.453. The molecule has 6 nitrogen and oxygen atoms in total. The fourth-order valence-electron chi connectivity index (χ4n) is 5.66. The molecular formula is C32H45N3O3. The predicted molar refractivity (Wildman–Crippen MR) is 154 cm³/mol. The molecule has 1 heterocycles. The normalized spacial score (nSPS) is 16.7. The highest BCUT2D eigenvalue weighted by atomic mass is 16.5. The van der Waals surface area contributed by atoms with Gasteiger partial charge in [-0.15, -0.1) is 0 Å². The molecule has 0 aromatic heterocycles. The van der Waals surface area contributed by atoms with Crippen LogP contribution >= 0.6 is 0 Å². The Morgan fingerprint density at radius 3 is 2.26 bits per heavy atom. The molecule has 2 aliphatic rings. The number of carbonyl (C=O) groups is 2. The van der Waals surface area contributed by atoms with E-state index in [0.29, 0.717) is 49.1 Å². The van der Waals surface area contributed by atoms with Gasteiger partial charge in [-0.05, 0) is 68.7 Å². The number of hydrogen-bond acceptors (Lipinski definition) is 4. The summed E-state index contributed by atoms with van der Waals surface area (Å²) in [5.41, 5.74) is 3.19. The zero-order valence-electron chi connectivity index (χ0n) is 23.9. The Bertz CT molecular complexity index is 1100. The molecule has 0 bridgehead atoms. The van der Waals surface area contributed by atoms with Crippen LogP contribution in [0.15, 0.2) is 54.9 Å². The summed E-state index contributed by atoms with van der Waals surface area (Å²) in [6, 6.07) is 14.3. The Hall–Kier alpha value is -3.28. The van der Waals surface area contributed by atoms with Gasteiger partial charge in [-0.25, -0.2) is 0 Å². The van der Waals surface area contributed by atoms with Crippen LogP contribution in [0.25, 0.3) is 0 Å². The van der Waals surface area contributed by atoms with Crippen molar-refractivity contribution in [3.63, 3.8) is 0 Å². The largest absolute Gasteiger partial charge is 0.496 e. The summed E-state index contributed by atoms with van der Waals surface area (Å²) < 4.78 is 5.40. The van der Waals surface area contributed by atoms with Gasteiger partial charge >= 0.3 is 0 Å². The fourth-order valence-corrected chi connectivity index (χ4v) is 5.66. The lowest BCUT2D eigenvalue weighted by Crippen LogP contribution is -2.52. The molecule has 6 heteroatoms. The molecule has 1 saturated carbocycles. The average Bonchev–Trinajstić information content (AvgIpc) is 3.44. The second kappa shape index (κ2) is 13.5. The Kier molecular flexibility index (Phi) is 10.4. The summed E-state index contributed by atoms with van der Waals surface area (Å²) >= 11 is 0. The highest BCUT2D eigenvalue weighted by Crippen LogP contribution is 2.37.